The van der Waals surface area contributed by atoms with Crippen molar-refractivity contribution in [1.29, 1.82) is 5.26 Å². The minimum absolute atomic E-state index is 0.371. The van der Waals surface area contributed by atoms with Crippen LogP contribution in [0.3, 0.4) is 0 Å². The molecule has 5 heteroatoms. The second kappa shape index (κ2) is 6.10. The van der Waals surface area contributed by atoms with Gasteiger partial charge < -0.3 is 4.74 Å². The number of nitrogens with zero attached hydrogens (tertiary/aromatic N) is 4. The Hall–Kier alpha value is -3.65. The van der Waals surface area contributed by atoms with Crippen LogP contribution in [0.5, 0.6) is 5.75 Å². The number of pyridine rings is 1. The zero-order valence-electron chi connectivity index (χ0n) is 13.5. The lowest BCUT2D eigenvalue weighted by Crippen LogP contribution is -2.01. The Bertz CT molecular complexity index is 1080. The van der Waals surface area contributed by atoms with Crippen LogP contribution in [0, 0.1) is 11.3 Å². The smallest absolute Gasteiger partial charge is 0.151 e. The van der Waals surface area contributed by atoms with Gasteiger partial charge in [0, 0.05) is 23.3 Å². The molecule has 0 radical (unpaired) electrons. The summed E-state index contributed by atoms with van der Waals surface area (Å²) in [5, 5.41) is 11.6. The summed E-state index contributed by atoms with van der Waals surface area (Å²) in [7, 11) is 1.63. The standard InChI is InChI=1S/C20H14N4O/c1-25-15-7-8-16-17(11-15)19(14-5-3-2-4-6-14)18(12-21)23-20(16)24-10-9-22-13-24/h2-11,13H,1H3. The van der Waals surface area contributed by atoms with Gasteiger partial charge in [-0.05, 0) is 29.1 Å². The van der Waals surface area contributed by atoms with Gasteiger partial charge in [0.1, 0.15) is 24.0 Å². The quantitative estimate of drug-likeness (QED) is 0.571. The molecule has 120 valence electrons. The Morgan fingerprint density at radius 1 is 1.08 bits per heavy atom. The van der Waals surface area contributed by atoms with Gasteiger partial charge in [0.15, 0.2) is 5.69 Å². The molecule has 0 atom stereocenters. The predicted octanol–water partition coefficient (Wildman–Crippen LogP) is 3.97. The number of hydrogen-bond donors (Lipinski definition) is 0. The van der Waals surface area contributed by atoms with Crippen molar-refractivity contribution >= 4 is 10.8 Å². The van der Waals surface area contributed by atoms with Gasteiger partial charge in [-0.15, -0.1) is 0 Å². The fourth-order valence-electron chi connectivity index (χ4n) is 2.96. The van der Waals surface area contributed by atoms with Crippen LogP contribution < -0.4 is 4.74 Å². The molecule has 0 N–H and O–H groups in total. The van der Waals surface area contributed by atoms with Gasteiger partial charge in [-0.25, -0.2) is 9.97 Å². The average Bonchev–Trinajstić information content (AvgIpc) is 3.21. The summed E-state index contributed by atoms with van der Waals surface area (Å²) in [6.45, 7) is 0. The lowest BCUT2D eigenvalue weighted by Gasteiger charge is -2.14. The van der Waals surface area contributed by atoms with Crippen molar-refractivity contribution in [2.75, 3.05) is 7.11 Å². The molecule has 0 fully saturated rings. The minimum Gasteiger partial charge on any atom is -0.497 e. The SMILES string of the molecule is COc1ccc2c(-n3ccnc3)nc(C#N)c(-c3ccccc3)c2c1. The zero-order valence-corrected chi connectivity index (χ0v) is 13.5. The first-order valence-corrected chi connectivity index (χ1v) is 7.77. The lowest BCUT2D eigenvalue weighted by molar-refractivity contribution is 0.415. The summed E-state index contributed by atoms with van der Waals surface area (Å²) in [6, 6.07) is 17.9. The lowest BCUT2D eigenvalue weighted by atomic mass is 9.97. The first kappa shape index (κ1) is 14.9. The van der Waals surface area contributed by atoms with Gasteiger partial charge in [-0.3, -0.25) is 4.57 Å². The maximum atomic E-state index is 9.72. The van der Waals surface area contributed by atoms with E-state index in [4.69, 9.17) is 4.74 Å². The van der Waals surface area contributed by atoms with E-state index >= 15 is 0 Å². The van der Waals surface area contributed by atoms with Crippen LogP contribution in [0.15, 0.2) is 67.3 Å². The molecule has 0 unspecified atom stereocenters. The highest BCUT2D eigenvalue weighted by atomic mass is 16.5. The molecule has 0 aliphatic heterocycles. The summed E-state index contributed by atoms with van der Waals surface area (Å²) in [5.41, 5.74) is 2.12. The number of aromatic nitrogens is 3. The highest BCUT2D eigenvalue weighted by Gasteiger charge is 2.17. The number of methoxy groups -OCH3 is 1. The van der Waals surface area contributed by atoms with Crippen LogP contribution in [0.25, 0.3) is 27.7 Å². The van der Waals surface area contributed by atoms with Crippen molar-refractivity contribution in [2.45, 2.75) is 0 Å². The third-order valence-corrected chi connectivity index (χ3v) is 4.11. The third kappa shape index (κ3) is 2.50. The Kier molecular flexibility index (Phi) is 3.64. The predicted molar refractivity (Wildman–Crippen MR) is 95.6 cm³/mol. The van der Waals surface area contributed by atoms with E-state index in [0.29, 0.717) is 11.5 Å². The first-order valence-electron chi connectivity index (χ1n) is 7.77. The maximum absolute atomic E-state index is 9.72. The molecule has 2 aromatic heterocycles. The Morgan fingerprint density at radius 2 is 1.92 bits per heavy atom. The Labute approximate surface area is 144 Å². The van der Waals surface area contributed by atoms with Crippen LogP contribution in [0.4, 0.5) is 0 Å². The van der Waals surface area contributed by atoms with Crippen molar-refractivity contribution in [2.24, 2.45) is 0 Å². The van der Waals surface area contributed by atoms with Crippen LogP contribution >= 0.6 is 0 Å². The maximum Gasteiger partial charge on any atom is 0.151 e. The minimum atomic E-state index is 0.371. The highest BCUT2D eigenvalue weighted by molar-refractivity contribution is 6.02. The molecule has 2 heterocycles. The van der Waals surface area contributed by atoms with Gasteiger partial charge >= 0.3 is 0 Å². The number of hydrogen-bond acceptors (Lipinski definition) is 4. The summed E-state index contributed by atoms with van der Waals surface area (Å²) >= 11 is 0. The number of benzene rings is 2. The summed E-state index contributed by atoms with van der Waals surface area (Å²) in [5.74, 6) is 1.41. The number of rotatable bonds is 3. The van der Waals surface area contributed by atoms with Crippen LogP contribution in [0.1, 0.15) is 5.69 Å². The van der Waals surface area contributed by atoms with Gasteiger partial charge in [0.2, 0.25) is 0 Å². The fourth-order valence-corrected chi connectivity index (χ4v) is 2.96. The van der Waals surface area contributed by atoms with Crippen molar-refractivity contribution in [3.8, 4) is 28.8 Å². The fraction of sp³-hybridized carbons (Fsp3) is 0.0500. The van der Waals surface area contributed by atoms with Gasteiger partial charge in [0.05, 0.1) is 7.11 Å². The van der Waals surface area contributed by atoms with Crippen molar-refractivity contribution in [3.63, 3.8) is 0 Å². The van der Waals surface area contributed by atoms with E-state index in [1.54, 1.807) is 19.6 Å². The van der Waals surface area contributed by atoms with Gasteiger partial charge in [-0.2, -0.15) is 5.26 Å². The normalized spacial score (nSPS) is 10.6. The molecule has 0 aliphatic rings. The first-order chi connectivity index (χ1) is 12.3. The van der Waals surface area contributed by atoms with Crippen molar-refractivity contribution < 1.29 is 4.74 Å². The summed E-state index contributed by atoms with van der Waals surface area (Å²) < 4.78 is 7.20. The molecule has 25 heavy (non-hydrogen) atoms. The largest absolute Gasteiger partial charge is 0.497 e. The molecule has 0 spiro atoms. The van der Waals surface area contributed by atoms with E-state index in [9.17, 15) is 5.26 Å². The van der Waals surface area contributed by atoms with E-state index < -0.39 is 0 Å². The molecular formula is C20H14N4O. The van der Waals surface area contributed by atoms with Crippen molar-refractivity contribution in [1.82, 2.24) is 14.5 Å². The molecule has 0 aliphatic carbocycles. The third-order valence-electron chi connectivity index (χ3n) is 4.11. The monoisotopic (exact) mass is 326 g/mol. The summed E-state index contributed by atoms with van der Waals surface area (Å²) in [4.78, 5) is 8.71. The average molecular weight is 326 g/mol. The number of imidazole rings is 1. The van der Waals surface area contributed by atoms with E-state index in [0.717, 1.165) is 27.6 Å². The van der Waals surface area contributed by atoms with E-state index in [2.05, 4.69) is 16.0 Å². The van der Waals surface area contributed by atoms with Crippen LogP contribution in [-0.4, -0.2) is 21.6 Å². The van der Waals surface area contributed by atoms with Gasteiger partial charge in [-0.1, -0.05) is 30.3 Å². The second-order valence-electron chi connectivity index (χ2n) is 5.52. The second-order valence-corrected chi connectivity index (χ2v) is 5.52. The molecule has 0 amide bonds. The van der Waals surface area contributed by atoms with Gasteiger partial charge in [0.25, 0.3) is 0 Å². The molecule has 0 saturated carbocycles. The van der Waals surface area contributed by atoms with Crippen LogP contribution in [0.2, 0.25) is 0 Å². The molecule has 4 rings (SSSR count). The molecule has 2 aromatic carbocycles. The highest BCUT2D eigenvalue weighted by Crippen LogP contribution is 2.35. The number of ether oxygens (including phenoxy) is 1. The number of fused-ring (bicyclic) bond motifs is 1. The molecule has 5 nitrogen and oxygen atoms in total. The van der Waals surface area contributed by atoms with Crippen molar-refractivity contribution in [3.05, 3.63) is 72.9 Å². The molecule has 0 bridgehead atoms. The topological polar surface area (TPSA) is 63.7 Å². The molecular weight excluding hydrogens is 312 g/mol. The molecule has 0 saturated heterocycles. The van der Waals surface area contributed by atoms with E-state index in [1.165, 1.54) is 0 Å². The number of nitriles is 1. The summed E-state index contributed by atoms with van der Waals surface area (Å²) in [6.07, 6.45) is 5.18. The van der Waals surface area contributed by atoms with Crippen LogP contribution in [-0.2, 0) is 0 Å². The Morgan fingerprint density at radius 3 is 2.60 bits per heavy atom. The zero-order chi connectivity index (χ0) is 17.2. The molecule has 4 aromatic rings. The Balaban J connectivity index is 2.14. The van der Waals surface area contributed by atoms with E-state index in [-0.39, 0.29) is 0 Å². The van der Waals surface area contributed by atoms with E-state index in [1.807, 2.05) is 59.3 Å².